The van der Waals surface area contributed by atoms with E-state index in [0.717, 1.165) is 92.4 Å². The Bertz CT molecular complexity index is 1650. The summed E-state index contributed by atoms with van der Waals surface area (Å²) in [4.78, 5) is 27.1. The minimum Gasteiger partial charge on any atom is -0.494 e. The summed E-state index contributed by atoms with van der Waals surface area (Å²) in [5.41, 5.74) is 15.8. The topological polar surface area (TPSA) is 111 Å². The molecule has 3 aromatic carbocycles. The molecule has 1 fully saturated rings. The molecule has 3 aliphatic rings. The van der Waals surface area contributed by atoms with Gasteiger partial charge in [-0.25, -0.2) is 0 Å². The second-order valence-electron chi connectivity index (χ2n) is 13.5. The van der Waals surface area contributed by atoms with Gasteiger partial charge in [-0.15, -0.1) is 0 Å². The minimum atomic E-state index is 0.276. The number of hydrogen-bond acceptors (Lipinski definition) is 10. The van der Waals surface area contributed by atoms with Crippen LogP contribution in [0.15, 0.2) is 70.6 Å². The number of hydrogen-bond donors (Lipinski definition) is 1. The van der Waals surface area contributed by atoms with Crippen molar-refractivity contribution in [1.82, 2.24) is 4.90 Å². The Hall–Kier alpha value is -3.93. The van der Waals surface area contributed by atoms with E-state index in [-0.39, 0.29) is 5.78 Å². The molecule has 0 amide bonds. The van der Waals surface area contributed by atoms with E-state index in [9.17, 15) is 4.79 Å². The molecule has 51 heavy (non-hydrogen) atoms. The normalized spacial score (nSPS) is 15.5. The molecule has 0 saturated carbocycles. The van der Waals surface area contributed by atoms with E-state index < -0.39 is 0 Å². The van der Waals surface area contributed by atoms with E-state index in [1.807, 2.05) is 12.1 Å². The number of likely N-dealkylation sites (N-methyl/N-ethyl adjacent to an activating group) is 1. The number of carbonyl (C=O) groups is 1. The molecular weight excluding hydrogens is 642 g/mol. The van der Waals surface area contributed by atoms with E-state index >= 15 is 0 Å². The third-order valence-corrected chi connectivity index (χ3v) is 9.63. The largest absolute Gasteiger partial charge is 0.494 e. The van der Waals surface area contributed by atoms with Crippen LogP contribution in [0.25, 0.3) is 0 Å². The fourth-order valence-electron chi connectivity index (χ4n) is 6.64. The van der Waals surface area contributed by atoms with E-state index in [1.165, 1.54) is 22.4 Å². The molecule has 0 bridgehead atoms. The molecule has 10 heteroatoms. The van der Waals surface area contributed by atoms with Crippen LogP contribution in [0, 0.1) is 0 Å². The van der Waals surface area contributed by atoms with Crippen molar-refractivity contribution < 1.29 is 23.7 Å². The summed E-state index contributed by atoms with van der Waals surface area (Å²) in [6.07, 6.45) is 5.20. The maximum absolute atomic E-state index is 12.2. The molecule has 2 N–H and O–H groups in total. The van der Waals surface area contributed by atoms with Crippen molar-refractivity contribution in [2.45, 2.75) is 44.9 Å². The van der Waals surface area contributed by atoms with Crippen molar-refractivity contribution in [2.75, 3.05) is 90.9 Å². The maximum Gasteiger partial charge on any atom is 0.133 e. The number of anilines is 1. The monoisotopic (exact) mass is 695 g/mol. The van der Waals surface area contributed by atoms with Gasteiger partial charge in [-0.3, -0.25) is 14.8 Å². The van der Waals surface area contributed by atoms with Crippen LogP contribution < -0.4 is 15.4 Å². The fraction of sp³-hybridized carbons (Fsp3) is 0.488. The molecule has 0 unspecified atom stereocenters. The zero-order valence-corrected chi connectivity index (χ0v) is 30.1. The number of aliphatic imine (C=N–C) groups is 2. The molecule has 10 nitrogen and oxygen atoms in total. The van der Waals surface area contributed by atoms with Crippen LogP contribution in [0.1, 0.15) is 54.4 Å². The van der Waals surface area contributed by atoms with E-state index in [4.69, 9.17) is 34.7 Å². The Balaban J connectivity index is 0.860. The Morgan fingerprint density at radius 1 is 0.667 bits per heavy atom. The number of fused-ring (bicyclic) bond motifs is 2. The van der Waals surface area contributed by atoms with Crippen LogP contribution in [0.2, 0.25) is 0 Å². The number of carbonyl (C=O) groups excluding carboxylic acids is 1. The standard InChI is InChI=1S/C41H53N5O5/c1-45-16-18-46(19-17-45)35-10-14-39-34(28-35)30-41(44-39)32-9-13-38-33(27-32)29-40(43-38)31-7-11-37(12-8-31)51-21-3-2-5-36(47)6-4-20-48-23-25-50-26-24-49-22-15-42/h7-14,27-28H,2-6,15-26,29-30,42H2,1H3. The molecule has 3 aliphatic heterocycles. The van der Waals surface area contributed by atoms with Crippen molar-refractivity contribution >= 4 is 34.3 Å². The first-order valence-corrected chi connectivity index (χ1v) is 18.6. The number of benzene rings is 3. The van der Waals surface area contributed by atoms with Crippen LogP contribution in [0.5, 0.6) is 5.75 Å². The first-order valence-electron chi connectivity index (χ1n) is 18.6. The first kappa shape index (κ1) is 36.8. The number of piperazine rings is 1. The van der Waals surface area contributed by atoms with Gasteiger partial charge < -0.3 is 34.5 Å². The number of Topliss-reactive ketones (excluding diaryl/α,β-unsaturated/α-hetero) is 1. The third kappa shape index (κ3) is 10.8. The average molecular weight is 696 g/mol. The molecule has 0 spiro atoms. The molecule has 0 atom stereocenters. The van der Waals surface area contributed by atoms with Gasteiger partial charge in [0.25, 0.3) is 0 Å². The highest BCUT2D eigenvalue weighted by Crippen LogP contribution is 2.35. The van der Waals surface area contributed by atoms with Crippen LogP contribution >= 0.6 is 0 Å². The van der Waals surface area contributed by atoms with Crippen LogP contribution in [0.3, 0.4) is 0 Å². The number of nitrogens with zero attached hydrogens (tertiary/aromatic N) is 4. The van der Waals surface area contributed by atoms with Gasteiger partial charge in [-0.2, -0.15) is 0 Å². The number of ether oxygens (including phenoxy) is 4. The summed E-state index contributed by atoms with van der Waals surface area (Å²) >= 11 is 0. The highest BCUT2D eigenvalue weighted by molar-refractivity contribution is 6.09. The molecule has 3 aromatic rings. The first-order chi connectivity index (χ1) is 25.1. The smallest absolute Gasteiger partial charge is 0.133 e. The predicted molar refractivity (Wildman–Crippen MR) is 204 cm³/mol. The molecule has 0 aromatic heterocycles. The van der Waals surface area contributed by atoms with Gasteiger partial charge in [-0.05, 0) is 103 Å². The molecule has 0 radical (unpaired) electrons. The van der Waals surface area contributed by atoms with Gasteiger partial charge in [0.2, 0.25) is 0 Å². The number of unbranched alkanes of at least 4 members (excludes halogenated alkanes) is 1. The minimum absolute atomic E-state index is 0.276. The zero-order chi connectivity index (χ0) is 35.3. The summed E-state index contributed by atoms with van der Waals surface area (Å²) in [7, 11) is 2.19. The number of ketones is 1. The lowest BCUT2D eigenvalue weighted by atomic mass is 9.99. The Morgan fingerprint density at radius 2 is 1.27 bits per heavy atom. The zero-order valence-electron chi connectivity index (χ0n) is 30.1. The van der Waals surface area contributed by atoms with Crippen molar-refractivity contribution in [2.24, 2.45) is 15.7 Å². The Labute approximate surface area is 302 Å². The molecule has 272 valence electrons. The summed E-state index contributed by atoms with van der Waals surface area (Å²) in [5, 5.41) is 0. The van der Waals surface area contributed by atoms with Crippen molar-refractivity contribution in [1.29, 1.82) is 0 Å². The second-order valence-corrected chi connectivity index (χ2v) is 13.5. The highest BCUT2D eigenvalue weighted by atomic mass is 16.5. The molecular formula is C41H53N5O5. The molecule has 0 aliphatic carbocycles. The molecule has 3 heterocycles. The fourth-order valence-corrected chi connectivity index (χ4v) is 6.64. The van der Waals surface area contributed by atoms with Gasteiger partial charge in [0, 0.05) is 70.7 Å². The second kappa shape index (κ2) is 19.1. The van der Waals surface area contributed by atoms with E-state index in [0.29, 0.717) is 65.6 Å². The predicted octanol–water partition coefficient (Wildman–Crippen LogP) is 5.70. The van der Waals surface area contributed by atoms with Crippen molar-refractivity contribution in [3.8, 4) is 5.75 Å². The number of nitrogens with two attached hydrogens (primary N) is 1. The Morgan fingerprint density at radius 3 is 2.00 bits per heavy atom. The summed E-state index contributed by atoms with van der Waals surface area (Å²) < 4.78 is 22.2. The van der Waals surface area contributed by atoms with Gasteiger partial charge in [-0.1, -0.05) is 6.07 Å². The summed E-state index contributed by atoms with van der Waals surface area (Å²) in [6, 6.07) is 21.5. The summed E-state index contributed by atoms with van der Waals surface area (Å²) in [5.74, 6) is 1.11. The lowest BCUT2D eigenvalue weighted by Gasteiger charge is -2.34. The average Bonchev–Trinajstić information content (AvgIpc) is 3.78. The van der Waals surface area contributed by atoms with Gasteiger partial charge in [0.1, 0.15) is 11.5 Å². The van der Waals surface area contributed by atoms with Gasteiger partial charge in [0.05, 0.1) is 62.4 Å². The third-order valence-electron chi connectivity index (χ3n) is 9.63. The van der Waals surface area contributed by atoms with Crippen LogP contribution in [0.4, 0.5) is 17.1 Å². The Kier molecular flexibility index (Phi) is 13.8. The van der Waals surface area contributed by atoms with Crippen molar-refractivity contribution in [3.63, 3.8) is 0 Å². The summed E-state index contributed by atoms with van der Waals surface area (Å²) in [6.45, 7) is 8.71. The number of rotatable bonds is 21. The SMILES string of the molecule is CN1CCN(c2ccc3c(c2)CC(c2ccc4c(c2)CC(c2ccc(OCCCCC(=O)CCCOCCOCCOCCN)cc2)=N4)=N3)CC1. The van der Waals surface area contributed by atoms with Gasteiger partial charge in [0.15, 0.2) is 0 Å². The van der Waals surface area contributed by atoms with Gasteiger partial charge >= 0.3 is 0 Å². The quantitative estimate of drug-likeness (QED) is 0.141. The van der Waals surface area contributed by atoms with E-state index in [2.05, 4.69) is 65.4 Å². The van der Waals surface area contributed by atoms with Crippen LogP contribution in [-0.2, 0) is 31.8 Å². The van der Waals surface area contributed by atoms with Crippen molar-refractivity contribution in [3.05, 3.63) is 82.9 Å². The van der Waals surface area contributed by atoms with E-state index in [1.54, 1.807) is 0 Å². The maximum atomic E-state index is 12.2. The van der Waals surface area contributed by atoms with Crippen LogP contribution in [-0.4, -0.2) is 108 Å². The molecule has 6 rings (SSSR count). The lowest BCUT2D eigenvalue weighted by Crippen LogP contribution is -2.44. The lowest BCUT2D eigenvalue weighted by molar-refractivity contribution is -0.119. The molecule has 1 saturated heterocycles. The highest BCUT2D eigenvalue weighted by Gasteiger charge is 2.22.